The molecule has 0 saturated carbocycles. The van der Waals surface area contributed by atoms with Gasteiger partial charge in [0.2, 0.25) is 0 Å². The number of aliphatic carboxylic acids is 1. The number of hydrogen-bond donors (Lipinski definition) is 1. The van der Waals surface area contributed by atoms with Gasteiger partial charge in [-0.15, -0.1) is 12.4 Å². The Labute approximate surface area is 121 Å². The fourth-order valence-corrected chi connectivity index (χ4v) is 2.39. The topological polar surface area (TPSA) is 70.8 Å². The van der Waals surface area contributed by atoms with Crippen molar-refractivity contribution in [3.05, 3.63) is 36.1 Å². The molecule has 0 radical (unpaired) electrons. The van der Waals surface area contributed by atoms with E-state index in [0.29, 0.717) is 18.5 Å². The third-order valence-corrected chi connectivity index (χ3v) is 3.46. The van der Waals surface area contributed by atoms with Crippen LogP contribution in [-0.4, -0.2) is 35.0 Å². The Morgan fingerprint density at radius 1 is 1.30 bits per heavy atom. The molecule has 1 saturated heterocycles. The number of para-hydroxylation sites is 1. The molecule has 1 aromatic carbocycles. The third kappa shape index (κ3) is 2.49. The lowest BCUT2D eigenvalue weighted by Gasteiger charge is -2.13. The summed E-state index contributed by atoms with van der Waals surface area (Å²) in [5, 5.41) is 9.81. The van der Waals surface area contributed by atoms with Crippen molar-refractivity contribution >= 4 is 35.3 Å². The number of likely N-dealkylation sites (tertiary alicyclic amines) is 1. The van der Waals surface area contributed by atoms with Crippen molar-refractivity contribution in [3.63, 3.8) is 0 Å². The Balaban J connectivity index is 0.00000147. The molecular formula is C14H14ClNO4. The average Bonchev–Trinajstić information content (AvgIpc) is 3.04. The van der Waals surface area contributed by atoms with Gasteiger partial charge in [-0.1, -0.05) is 18.2 Å². The summed E-state index contributed by atoms with van der Waals surface area (Å²) in [6, 6.07) is 9.10. The maximum Gasteiger partial charge on any atom is 0.308 e. The minimum atomic E-state index is -0.847. The van der Waals surface area contributed by atoms with Crippen LogP contribution in [0.4, 0.5) is 0 Å². The fourth-order valence-electron chi connectivity index (χ4n) is 2.39. The number of nitrogens with zero attached hydrogens (tertiary/aromatic N) is 1. The van der Waals surface area contributed by atoms with Gasteiger partial charge in [-0.3, -0.25) is 9.59 Å². The van der Waals surface area contributed by atoms with E-state index in [4.69, 9.17) is 9.52 Å². The van der Waals surface area contributed by atoms with Crippen LogP contribution in [0.25, 0.3) is 11.0 Å². The number of halogens is 1. The Bertz CT molecular complexity index is 618. The van der Waals surface area contributed by atoms with E-state index in [1.165, 1.54) is 4.90 Å². The summed E-state index contributed by atoms with van der Waals surface area (Å²) in [5.74, 6) is -1.28. The SMILES string of the molecule is Cl.O=C(O)C1CCN(C(=O)c2cc3ccccc3o2)C1. The number of carboxylic acids is 1. The molecule has 5 nitrogen and oxygen atoms in total. The van der Waals surface area contributed by atoms with E-state index in [0.717, 1.165) is 5.39 Å². The molecular weight excluding hydrogens is 282 g/mol. The fraction of sp³-hybridized carbons (Fsp3) is 0.286. The van der Waals surface area contributed by atoms with E-state index in [-0.39, 0.29) is 30.6 Å². The summed E-state index contributed by atoms with van der Waals surface area (Å²) < 4.78 is 5.50. The van der Waals surface area contributed by atoms with Crippen molar-refractivity contribution in [3.8, 4) is 0 Å². The zero-order chi connectivity index (χ0) is 13.4. The van der Waals surface area contributed by atoms with Crippen LogP contribution in [-0.2, 0) is 4.79 Å². The number of furan rings is 1. The summed E-state index contributed by atoms with van der Waals surface area (Å²) >= 11 is 0. The van der Waals surface area contributed by atoms with Gasteiger partial charge in [-0.25, -0.2) is 0 Å². The van der Waals surface area contributed by atoms with Crippen molar-refractivity contribution < 1.29 is 19.1 Å². The number of rotatable bonds is 2. The Hall–Kier alpha value is -2.01. The zero-order valence-corrected chi connectivity index (χ0v) is 11.4. The standard InChI is InChI=1S/C14H13NO4.ClH/c16-13(15-6-5-10(8-15)14(17)18)12-7-9-3-1-2-4-11(9)19-12;/h1-4,7,10H,5-6,8H2,(H,17,18);1H. The van der Waals surface area contributed by atoms with Gasteiger partial charge < -0.3 is 14.4 Å². The lowest BCUT2D eigenvalue weighted by atomic mass is 10.1. The number of carbonyl (C=O) groups is 2. The summed E-state index contributed by atoms with van der Waals surface area (Å²) in [5.41, 5.74) is 0.667. The molecule has 106 valence electrons. The highest BCUT2D eigenvalue weighted by molar-refractivity contribution is 5.96. The van der Waals surface area contributed by atoms with Crippen molar-refractivity contribution in [2.45, 2.75) is 6.42 Å². The minimum Gasteiger partial charge on any atom is -0.481 e. The van der Waals surface area contributed by atoms with E-state index in [1.54, 1.807) is 12.1 Å². The van der Waals surface area contributed by atoms with E-state index in [2.05, 4.69) is 0 Å². The second-order valence-electron chi connectivity index (χ2n) is 4.72. The highest BCUT2D eigenvalue weighted by Crippen LogP contribution is 2.23. The van der Waals surface area contributed by atoms with Gasteiger partial charge >= 0.3 is 5.97 Å². The van der Waals surface area contributed by atoms with Crippen LogP contribution in [0.2, 0.25) is 0 Å². The van der Waals surface area contributed by atoms with Crippen LogP contribution >= 0.6 is 12.4 Å². The highest BCUT2D eigenvalue weighted by atomic mass is 35.5. The molecule has 1 fully saturated rings. The summed E-state index contributed by atoms with van der Waals surface area (Å²) in [6.45, 7) is 0.720. The number of carboxylic acid groups (broad SMARTS) is 1. The zero-order valence-electron chi connectivity index (χ0n) is 10.6. The molecule has 0 spiro atoms. The van der Waals surface area contributed by atoms with Gasteiger partial charge in [0.05, 0.1) is 5.92 Å². The van der Waals surface area contributed by atoms with Gasteiger partial charge in [0.25, 0.3) is 5.91 Å². The van der Waals surface area contributed by atoms with Crippen molar-refractivity contribution in [1.82, 2.24) is 4.90 Å². The molecule has 0 aliphatic carbocycles. The lowest BCUT2D eigenvalue weighted by Crippen LogP contribution is -2.29. The first kappa shape index (κ1) is 14.4. The molecule has 1 aliphatic heterocycles. The molecule has 6 heteroatoms. The molecule has 0 bridgehead atoms. The van der Waals surface area contributed by atoms with E-state index >= 15 is 0 Å². The van der Waals surface area contributed by atoms with E-state index < -0.39 is 11.9 Å². The molecule has 1 unspecified atom stereocenters. The Kier molecular flexibility index (Phi) is 3.99. The predicted molar refractivity (Wildman–Crippen MR) is 75.1 cm³/mol. The quantitative estimate of drug-likeness (QED) is 0.923. The van der Waals surface area contributed by atoms with Crippen molar-refractivity contribution in [2.75, 3.05) is 13.1 Å². The largest absolute Gasteiger partial charge is 0.481 e. The molecule has 1 aliphatic rings. The maximum absolute atomic E-state index is 12.2. The molecule has 1 aromatic heterocycles. The molecule has 1 amide bonds. The lowest BCUT2D eigenvalue weighted by molar-refractivity contribution is -0.141. The van der Waals surface area contributed by atoms with Gasteiger partial charge in [0.1, 0.15) is 5.58 Å². The average molecular weight is 296 g/mol. The number of benzene rings is 1. The summed E-state index contributed by atoms with van der Waals surface area (Å²) in [6.07, 6.45) is 0.501. The molecule has 1 atom stereocenters. The molecule has 2 aromatic rings. The molecule has 20 heavy (non-hydrogen) atoms. The van der Waals surface area contributed by atoms with Gasteiger partial charge in [0.15, 0.2) is 5.76 Å². The van der Waals surface area contributed by atoms with Crippen molar-refractivity contribution in [2.24, 2.45) is 5.92 Å². The number of carbonyl (C=O) groups excluding carboxylic acids is 1. The van der Waals surface area contributed by atoms with Crippen LogP contribution in [0.3, 0.4) is 0 Å². The van der Waals surface area contributed by atoms with Gasteiger partial charge in [-0.2, -0.15) is 0 Å². The predicted octanol–water partition coefficient (Wildman–Crippen LogP) is 2.40. The van der Waals surface area contributed by atoms with Crippen LogP contribution in [0.1, 0.15) is 17.0 Å². The monoisotopic (exact) mass is 295 g/mol. The Morgan fingerprint density at radius 2 is 2.05 bits per heavy atom. The first-order valence-corrected chi connectivity index (χ1v) is 6.16. The van der Waals surface area contributed by atoms with Crippen LogP contribution in [0.15, 0.2) is 34.7 Å². The number of amides is 1. The summed E-state index contributed by atoms with van der Waals surface area (Å²) in [4.78, 5) is 24.6. The molecule has 1 N–H and O–H groups in total. The van der Waals surface area contributed by atoms with Crippen LogP contribution < -0.4 is 0 Å². The van der Waals surface area contributed by atoms with E-state index in [9.17, 15) is 9.59 Å². The first-order chi connectivity index (χ1) is 9.15. The normalized spacial score (nSPS) is 18.0. The number of fused-ring (bicyclic) bond motifs is 1. The second kappa shape index (κ2) is 5.54. The molecule has 3 rings (SSSR count). The van der Waals surface area contributed by atoms with Crippen molar-refractivity contribution in [1.29, 1.82) is 0 Å². The molecule has 2 heterocycles. The summed E-state index contributed by atoms with van der Waals surface area (Å²) in [7, 11) is 0. The van der Waals surface area contributed by atoms with Crippen LogP contribution in [0.5, 0.6) is 0 Å². The number of hydrogen-bond acceptors (Lipinski definition) is 3. The maximum atomic E-state index is 12.2. The van der Waals surface area contributed by atoms with Crippen LogP contribution in [0, 0.1) is 5.92 Å². The highest BCUT2D eigenvalue weighted by Gasteiger charge is 2.32. The second-order valence-corrected chi connectivity index (χ2v) is 4.72. The van der Waals surface area contributed by atoms with E-state index in [1.807, 2.05) is 18.2 Å². The minimum absolute atomic E-state index is 0. The first-order valence-electron chi connectivity index (χ1n) is 6.16. The van der Waals surface area contributed by atoms with Gasteiger partial charge in [0, 0.05) is 18.5 Å². The van der Waals surface area contributed by atoms with Gasteiger partial charge in [-0.05, 0) is 18.6 Å². The smallest absolute Gasteiger partial charge is 0.308 e. The Morgan fingerprint density at radius 3 is 2.70 bits per heavy atom. The third-order valence-electron chi connectivity index (χ3n) is 3.46.